The minimum absolute atomic E-state index is 0.356. The Morgan fingerprint density at radius 2 is 2.10 bits per heavy atom. The summed E-state index contributed by atoms with van der Waals surface area (Å²) in [6.07, 6.45) is 5.21. The van der Waals surface area contributed by atoms with Gasteiger partial charge in [0.05, 0.1) is 0 Å². The van der Waals surface area contributed by atoms with Gasteiger partial charge in [0, 0.05) is 28.2 Å². The van der Waals surface area contributed by atoms with E-state index in [2.05, 4.69) is 23.2 Å². The van der Waals surface area contributed by atoms with Crippen molar-refractivity contribution in [3.8, 4) is 0 Å². The number of hydrogen-bond donors (Lipinski definition) is 1. The molecule has 0 aromatic heterocycles. The number of nitrogens with one attached hydrogen (secondary N) is 1. The van der Waals surface area contributed by atoms with E-state index in [1.807, 2.05) is 12.1 Å². The first-order valence-electron chi connectivity index (χ1n) is 7.61. The summed E-state index contributed by atoms with van der Waals surface area (Å²) in [5.74, 6) is 0. The number of nitrogens with zero attached hydrogens (tertiary/aromatic N) is 1. The highest BCUT2D eigenvalue weighted by molar-refractivity contribution is 6.35. The predicted molar refractivity (Wildman–Crippen MR) is 85.6 cm³/mol. The van der Waals surface area contributed by atoms with E-state index in [-0.39, 0.29) is 0 Å². The third-order valence-electron chi connectivity index (χ3n) is 4.82. The lowest BCUT2D eigenvalue weighted by atomic mass is 10.0. The Kier molecular flexibility index (Phi) is 4.56. The molecule has 0 bridgehead atoms. The maximum atomic E-state index is 6.38. The van der Waals surface area contributed by atoms with Crippen molar-refractivity contribution in [2.75, 3.05) is 13.1 Å². The molecule has 2 aliphatic rings. The molecule has 0 aliphatic carbocycles. The molecule has 0 saturated carbocycles. The van der Waals surface area contributed by atoms with Crippen molar-refractivity contribution in [3.63, 3.8) is 0 Å². The Balaban J connectivity index is 1.79. The molecular weight excluding hydrogens is 291 g/mol. The molecular formula is C16H22Cl2N2. The monoisotopic (exact) mass is 312 g/mol. The number of likely N-dealkylation sites (tertiary alicyclic amines) is 1. The number of hydrogen-bond acceptors (Lipinski definition) is 2. The topological polar surface area (TPSA) is 15.3 Å². The molecule has 2 aliphatic heterocycles. The maximum absolute atomic E-state index is 6.38. The van der Waals surface area contributed by atoms with Crippen molar-refractivity contribution in [1.82, 2.24) is 10.2 Å². The second kappa shape index (κ2) is 6.23. The fraction of sp³-hybridized carbons (Fsp3) is 0.625. The molecule has 1 aromatic carbocycles. The van der Waals surface area contributed by atoms with Crippen LogP contribution < -0.4 is 5.32 Å². The standard InChI is InChI=1S/C16H22Cl2N2/c1-11(13-7-6-12(17)10-14(13)18)20-9-3-5-16(20)15-4-2-8-19-15/h6-7,10-11,15-16,19H,2-5,8-9H2,1H3. The Morgan fingerprint density at radius 1 is 1.25 bits per heavy atom. The van der Waals surface area contributed by atoms with Gasteiger partial charge in [0.15, 0.2) is 0 Å². The van der Waals surface area contributed by atoms with Crippen LogP contribution >= 0.6 is 23.2 Å². The van der Waals surface area contributed by atoms with Crippen LogP contribution in [-0.2, 0) is 0 Å². The molecule has 0 spiro atoms. The van der Waals surface area contributed by atoms with Crippen molar-refractivity contribution in [2.24, 2.45) is 0 Å². The average molecular weight is 313 g/mol. The summed E-state index contributed by atoms with van der Waals surface area (Å²) < 4.78 is 0. The van der Waals surface area contributed by atoms with E-state index in [0.29, 0.717) is 23.1 Å². The first-order valence-corrected chi connectivity index (χ1v) is 8.36. The molecule has 3 rings (SSSR count). The summed E-state index contributed by atoms with van der Waals surface area (Å²) in [5.41, 5.74) is 1.20. The second-order valence-corrected chi connectivity index (χ2v) is 6.84. The molecule has 1 aromatic rings. The number of halogens is 2. The summed E-state index contributed by atoms with van der Waals surface area (Å²) in [6, 6.07) is 7.54. The van der Waals surface area contributed by atoms with E-state index in [1.165, 1.54) is 44.3 Å². The van der Waals surface area contributed by atoms with Gasteiger partial charge in [-0.25, -0.2) is 0 Å². The Bertz CT molecular complexity index is 472. The second-order valence-electron chi connectivity index (χ2n) is 5.99. The Hall–Kier alpha value is -0.280. The maximum Gasteiger partial charge on any atom is 0.0468 e. The normalized spacial score (nSPS) is 28.9. The van der Waals surface area contributed by atoms with Crippen LogP contribution in [0, 0.1) is 0 Å². The summed E-state index contributed by atoms with van der Waals surface area (Å²) in [4.78, 5) is 2.62. The molecule has 3 unspecified atom stereocenters. The highest BCUT2D eigenvalue weighted by Gasteiger charge is 2.36. The van der Waals surface area contributed by atoms with Crippen molar-refractivity contribution in [1.29, 1.82) is 0 Å². The largest absolute Gasteiger partial charge is 0.312 e. The first kappa shape index (κ1) is 14.6. The van der Waals surface area contributed by atoms with Crippen molar-refractivity contribution in [2.45, 2.75) is 50.7 Å². The molecule has 4 heteroatoms. The molecule has 2 fully saturated rings. The van der Waals surface area contributed by atoms with Gasteiger partial charge in [-0.15, -0.1) is 0 Å². The minimum Gasteiger partial charge on any atom is -0.312 e. The first-order chi connectivity index (χ1) is 9.66. The molecule has 3 atom stereocenters. The lowest BCUT2D eigenvalue weighted by Crippen LogP contribution is -2.44. The summed E-state index contributed by atoms with van der Waals surface area (Å²) >= 11 is 12.4. The van der Waals surface area contributed by atoms with E-state index >= 15 is 0 Å². The van der Waals surface area contributed by atoms with Crippen LogP contribution in [0.3, 0.4) is 0 Å². The van der Waals surface area contributed by atoms with Crippen LogP contribution in [0.2, 0.25) is 10.0 Å². The van der Waals surface area contributed by atoms with Crippen LogP contribution in [0.5, 0.6) is 0 Å². The Labute approximate surface area is 131 Å². The molecule has 2 saturated heterocycles. The van der Waals surface area contributed by atoms with Gasteiger partial charge >= 0.3 is 0 Å². The minimum atomic E-state index is 0.356. The summed E-state index contributed by atoms with van der Waals surface area (Å²) in [7, 11) is 0. The summed E-state index contributed by atoms with van der Waals surface area (Å²) in [6.45, 7) is 4.61. The van der Waals surface area contributed by atoms with Crippen molar-refractivity contribution < 1.29 is 0 Å². The van der Waals surface area contributed by atoms with Crippen molar-refractivity contribution >= 4 is 23.2 Å². The van der Waals surface area contributed by atoms with Gasteiger partial charge in [0.25, 0.3) is 0 Å². The molecule has 110 valence electrons. The zero-order valence-electron chi connectivity index (χ0n) is 11.9. The average Bonchev–Trinajstić information content (AvgIpc) is 3.09. The third kappa shape index (κ3) is 2.85. The van der Waals surface area contributed by atoms with Gasteiger partial charge in [-0.3, -0.25) is 4.90 Å². The fourth-order valence-corrected chi connectivity index (χ4v) is 4.35. The molecule has 2 heterocycles. The van der Waals surface area contributed by atoms with Crippen molar-refractivity contribution in [3.05, 3.63) is 33.8 Å². The van der Waals surface area contributed by atoms with Crippen LogP contribution in [0.4, 0.5) is 0 Å². The number of rotatable bonds is 3. The number of benzene rings is 1. The van der Waals surface area contributed by atoms with Gasteiger partial charge < -0.3 is 5.32 Å². The zero-order chi connectivity index (χ0) is 14.1. The van der Waals surface area contributed by atoms with Gasteiger partial charge in [-0.2, -0.15) is 0 Å². The van der Waals surface area contributed by atoms with E-state index < -0.39 is 0 Å². The van der Waals surface area contributed by atoms with Crippen LogP contribution in [0.1, 0.15) is 44.2 Å². The smallest absolute Gasteiger partial charge is 0.0468 e. The van der Waals surface area contributed by atoms with E-state index in [0.717, 1.165) is 5.02 Å². The molecule has 20 heavy (non-hydrogen) atoms. The lowest BCUT2D eigenvalue weighted by molar-refractivity contribution is 0.163. The predicted octanol–water partition coefficient (Wildman–Crippen LogP) is 4.27. The zero-order valence-corrected chi connectivity index (χ0v) is 13.4. The SMILES string of the molecule is CC(c1ccc(Cl)cc1Cl)N1CCCC1C1CCCN1. The van der Waals surface area contributed by atoms with E-state index in [4.69, 9.17) is 23.2 Å². The molecule has 0 radical (unpaired) electrons. The van der Waals surface area contributed by atoms with Gasteiger partial charge in [-0.05, 0) is 63.4 Å². The molecule has 0 amide bonds. The third-order valence-corrected chi connectivity index (χ3v) is 5.38. The highest BCUT2D eigenvalue weighted by atomic mass is 35.5. The van der Waals surface area contributed by atoms with Crippen LogP contribution in [-0.4, -0.2) is 30.1 Å². The van der Waals surface area contributed by atoms with Gasteiger partial charge in [-0.1, -0.05) is 29.3 Å². The van der Waals surface area contributed by atoms with Gasteiger partial charge in [0.1, 0.15) is 0 Å². The van der Waals surface area contributed by atoms with Crippen LogP contribution in [0.15, 0.2) is 18.2 Å². The van der Waals surface area contributed by atoms with E-state index in [9.17, 15) is 0 Å². The van der Waals surface area contributed by atoms with E-state index in [1.54, 1.807) is 0 Å². The van der Waals surface area contributed by atoms with Gasteiger partial charge in [0.2, 0.25) is 0 Å². The Morgan fingerprint density at radius 3 is 2.80 bits per heavy atom. The highest BCUT2D eigenvalue weighted by Crippen LogP contribution is 2.36. The lowest BCUT2D eigenvalue weighted by Gasteiger charge is -2.35. The quantitative estimate of drug-likeness (QED) is 0.896. The fourth-order valence-electron chi connectivity index (χ4n) is 3.79. The van der Waals surface area contributed by atoms with Crippen LogP contribution in [0.25, 0.3) is 0 Å². The summed E-state index contributed by atoms with van der Waals surface area (Å²) in [5, 5.41) is 5.16. The molecule has 2 nitrogen and oxygen atoms in total. The molecule has 1 N–H and O–H groups in total.